The van der Waals surface area contributed by atoms with Crippen LogP contribution in [-0.4, -0.2) is 54.3 Å². The Hall–Kier alpha value is -1.46. The van der Waals surface area contributed by atoms with Crippen molar-refractivity contribution in [2.24, 2.45) is 4.99 Å². The molecule has 0 aromatic heterocycles. The Labute approximate surface area is 147 Å². The Morgan fingerprint density at radius 2 is 1.71 bits per heavy atom. The summed E-state index contributed by atoms with van der Waals surface area (Å²) >= 11 is 0. The molecule has 0 bridgehead atoms. The van der Waals surface area contributed by atoms with Gasteiger partial charge in [0.2, 0.25) is 0 Å². The van der Waals surface area contributed by atoms with Crippen LogP contribution >= 0.6 is 0 Å². The number of nitrogens with zero attached hydrogens (tertiary/aromatic N) is 2. The summed E-state index contributed by atoms with van der Waals surface area (Å²) in [5.41, 5.74) is -0.867. The Balaban J connectivity index is 2.81. The van der Waals surface area contributed by atoms with Gasteiger partial charge in [0.05, 0.1) is 12.1 Å². The van der Waals surface area contributed by atoms with Gasteiger partial charge >= 0.3 is 6.09 Å². The van der Waals surface area contributed by atoms with Crippen LogP contribution in [0.15, 0.2) is 4.99 Å². The lowest BCUT2D eigenvalue weighted by Crippen LogP contribution is -2.52. The number of aliphatic imine (C=N–C) groups is 1. The molecule has 1 heterocycles. The molecule has 1 amide bonds. The monoisotopic (exact) mass is 340 g/mol. The van der Waals surface area contributed by atoms with Crippen molar-refractivity contribution in [3.8, 4) is 0 Å². The highest BCUT2D eigenvalue weighted by atomic mass is 16.6. The molecule has 0 saturated carbocycles. The average Bonchev–Trinajstić information content (AvgIpc) is 3.02. The standard InChI is InChI=1S/C18H36N4O2/c1-7-18(8-2,21-16(23)24-17(4,5)6)14-20-15(19-9-3)22-12-10-11-13-22/h7-14H2,1-6H3,(H,19,20)(H,21,23). The molecule has 0 unspecified atom stereocenters. The molecule has 0 aromatic carbocycles. The summed E-state index contributed by atoms with van der Waals surface area (Å²) in [6.45, 7) is 15.4. The molecule has 24 heavy (non-hydrogen) atoms. The van der Waals surface area contributed by atoms with E-state index >= 15 is 0 Å². The Morgan fingerprint density at radius 1 is 1.12 bits per heavy atom. The van der Waals surface area contributed by atoms with E-state index in [1.54, 1.807) is 0 Å². The molecular weight excluding hydrogens is 304 g/mol. The number of nitrogens with one attached hydrogen (secondary N) is 2. The molecule has 1 fully saturated rings. The second kappa shape index (κ2) is 9.14. The SMILES string of the molecule is CCNC(=NCC(CC)(CC)NC(=O)OC(C)(C)C)N1CCCC1. The van der Waals surface area contributed by atoms with Gasteiger partial charge in [-0.3, -0.25) is 4.99 Å². The molecule has 1 aliphatic rings. The highest BCUT2D eigenvalue weighted by Crippen LogP contribution is 2.18. The third kappa shape index (κ3) is 6.57. The van der Waals surface area contributed by atoms with Gasteiger partial charge in [-0.25, -0.2) is 4.79 Å². The topological polar surface area (TPSA) is 66.0 Å². The maximum absolute atomic E-state index is 12.2. The van der Waals surface area contributed by atoms with Gasteiger partial charge in [-0.05, 0) is 53.4 Å². The van der Waals surface area contributed by atoms with Crippen molar-refractivity contribution in [1.82, 2.24) is 15.5 Å². The van der Waals surface area contributed by atoms with Gasteiger partial charge < -0.3 is 20.3 Å². The zero-order valence-electron chi connectivity index (χ0n) is 16.4. The van der Waals surface area contributed by atoms with E-state index in [-0.39, 0.29) is 11.6 Å². The molecule has 0 atom stereocenters. The van der Waals surface area contributed by atoms with E-state index in [0.29, 0.717) is 6.54 Å². The number of amides is 1. The van der Waals surface area contributed by atoms with Crippen LogP contribution in [0.3, 0.4) is 0 Å². The third-order valence-electron chi connectivity index (χ3n) is 4.39. The van der Waals surface area contributed by atoms with E-state index in [0.717, 1.165) is 38.4 Å². The van der Waals surface area contributed by atoms with E-state index in [2.05, 4.69) is 36.3 Å². The molecule has 1 aliphatic heterocycles. The minimum absolute atomic E-state index is 0.368. The number of rotatable bonds is 6. The first-order chi connectivity index (χ1) is 11.2. The molecule has 0 radical (unpaired) electrons. The second-order valence-corrected chi connectivity index (χ2v) is 7.48. The number of carbonyl (C=O) groups excluding carboxylic acids is 1. The fraction of sp³-hybridized carbons (Fsp3) is 0.889. The van der Waals surface area contributed by atoms with Gasteiger partial charge in [-0.1, -0.05) is 13.8 Å². The molecular formula is C18H36N4O2. The summed E-state index contributed by atoms with van der Waals surface area (Å²) in [7, 11) is 0. The van der Waals surface area contributed by atoms with Crippen LogP contribution in [0.25, 0.3) is 0 Å². The smallest absolute Gasteiger partial charge is 0.408 e. The van der Waals surface area contributed by atoms with Crippen LogP contribution in [0.4, 0.5) is 4.79 Å². The van der Waals surface area contributed by atoms with Crippen LogP contribution in [0.1, 0.15) is 67.2 Å². The van der Waals surface area contributed by atoms with Gasteiger partial charge in [-0.2, -0.15) is 0 Å². The summed E-state index contributed by atoms with van der Waals surface area (Å²) in [4.78, 5) is 19.3. The molecule has 0 spiro atoms. The number of likely N-dealkylation sites (tertiary alicyclic amines) is 1. The fourth-order valence-electron chi connectivity index (χ4n) is 2.79. The predicted molar refractivity (Wildman–Crippen MR) is 99.5 cm³/mol. The molecule has 0 aliphatic carbocycles. The molecule has 140 valence electrons. The number of alkyl carbamates (subject to hydrolysis) is 1. The third-order valence-corrected chi connectivity index (χ3v) is 4.39. The predicted octanol–water partition coefficient (Wildman–Crippen LogP) is 3.13. The number of ether oxygens (including phenoxy) is 1. The Bertz CT molecular complexity index is 419. The number of carbonyl (C=O) groups is 1. The molecule has 1 rings (SSSR count). The minimum Gasteiger partial charge on any atom is -0.444 e. The quantitative estimate of drug-likeness (QED) is 0.576. The van der Waals surface area contributed by atoms with Crippen molar-refractivity contribution in [2.45, 2.75) is 78.4 Å². The van der Waals surface area contributed by atoms with Crippen molar-refractivity contribution < 1.29 is 9.53 Å². The first-order valence-corrected chi connectivity index (χ1v) is 9.29. The average molecular weight is 341 g/mol. The Morgan fingerprint density at radius 3 is 2.17 bits per heavy atom. The van der Waals surface area contributed by atoms with Crippen molar-refractivity contribution in [3.63, 3.8) is 0 Å². The zero-order valence-corrected chi connectivity index (χ0v) is 16.4. The van der Waals surface area contributed by atoms with E-state index in [9.17, 15) is 4.79 Å². The number of hydrogen-bond donors (Lipinski definition) is 2. The summed E-state index contributed by atoms with van der Waals surface area (Å²) in [5.74, 6) is 0.951. The normalized spacial score (nSPS) is 16.2. The maximum Gasteiger partial charge on any atom is 0.408 e. The van der Waals surface area contributed by atoms with Crippen LogP contribution in [0, 0.1) is 0 Å². The number of hydrogen-bond acceptors (Lipinski definition) is 3. The van der Waals surface area contributed by atoms with Gasteiger partial charge in [0.25, 0.3) is 0 Å². The van der Waals surface area contributed by atoms with Crippen molar-refractivity contribution >= 4 is 12.1 Å². The van der Waals surface area contributed by atoms with Crippen molar-refractivity contribution in [3.05, 3.63) is 0 Å². The van der Waals surface area contributed by atoms with E-state index in [1.807, 2.05) is 20.8 Å². The Kier molecular flexibility index (Phi) is 7.84. The summed E-state index contributed by atoms with van der Waals surface area (Å²) < 4.78 is 5.43. The highest BCUT2D eigenvalue weighted by molar-refractivity contribution is 5.80. The first-order valence-electron chi connectivity index (χ1n) is 9.29. The van der Waals surface area contributed by atoms with Crippen molar-refractivity contribution in [2.75, 3.05) is 26.2 Å². The highest BCUT2D eigenvalue weighted by Gasteiger charge is 2.31. The van der Waals surface area contributed by atoms with Crippen LogP contribution < -0.4 is 10.6 Å². The minimum atomic E-state index is -0.495. The van der Waals surface area contributed by atoms with Crippen molar-refractivity contribution in [1.29, 1.82) is 0 Å². The summed E-state index contributed by atoms with van der Waals surface area (Å²) in [5, 5.41) is 6.43. The van der Waals surface area contributed by atoms with Crippen LogP contribution in [0.5, 0.6) is 0 Å². The molecule has 1 saturated heterocycles. The van der Waals surface area contributed by atoms with Gasteiger partial charge in [0, 0.05) is 19.6 Å². The lowest BCUT2D eigenvalue weighted by molar-refractivity contribution is 0.0451. The number of guanidine groups is 1. The largest absolute Gasteiger partial charge is 0.444 e. The summed E-state index contributed by atoms with van der Waals surface area (Å²) in [6, 6.07) is 0. The van der Waals surface area contributed by atoms with E-state index in [1.165, 1.54) is 12.8 Å². The maximum atomic E-state index is 12.2. The van der Waals surface area contributed by atoms with Crippen LogP contribution in [0.2, 0.25) is 0 Å². The lowest BCUT2D eigenvalue weighted by Gasteiger charge is -2.33. The van der Waals surface area contributed by atoms with Gasteiger partial charge in [-0.15, -0.1) is 0 Å². The van der Waals surface area contributed by atoms with E-state index < -0.39 is 5.60 Å². The van der Waals surface area contributed by atoms with Gasteiger partial charge in [0.15, 0.2) is 5.96 Å². The first kappa shape index (κ1) is 20.6. The molecule has 6 heteroatoms. The molecule has 2 N–H and O–H groups in total. The zero-order chi connectivity index (χ0) is 18.2. The second-order valence-electron chi connectivity index (χ2n) is 7.48. The van der Waals surface area contributed by atoms with E-state index in [4.69, 9.17) is 9.73 Å². The van der Waals surface area contributed by atoms with Gasteiger partial charge in [0.1, 0.15) is 5.60 Å². The summed E-state index contributed by atoms with van der Waals surface area (Å²) in [6.07, 6.45) is 3.69. The molecule has 6 nitrogen and oxygen atoms in total. The fourth-order valence-corrected chi connectivity index (χ4v) is 2.79. The van der Waals surface area contributed by atoms with Crippen LogP contribution in [-0.2, 0) is 4.74 Å². The molecule has 0 aromatic rings. The lowest BCUT2D eigenvalue weighted by atomic mass is 9.93.